The summed E-state index contributed by atoms with van der Waals surface area (Å²) in [6.45, 7) is 2.88. The lowest BCUT2D eigenvalue weighted by atomic mass is 9.77. The molecule has 7 rings (SSSR count). The zero-order chi connectivity index (χ0) is 29.2. The molecule has 43 heavy (non-hydrogen) atoms. The van der Waals surface area contributed by atoms with Crippen LogP contribution in [0, 0.1) is 0 Å². The van der Waals surface area contributed by atoms with Crippen LogP contribution in [0.3, 0.4) is 0 Å². The topological polar surface area (TPSA) is 74.2 Å². The van der Waals surface area contributed by atoms with E-state index in [2.05, 4.69) is 89.1 Å². The Bertz CT molecular complexity index is 1740. The number of nitrogens with zero attached hydrogens (tertiary/aromatic N) is 1. The SMILES string of the molecule is OB1OCc2ccc(N(Cc3ccccc3)Cc3cccc(-c4cc(NCc5ccccc5)cc5c4COB5O)c3)cc21. The summed E-state index contributed by atoms with van der Waals surface area (Å²) >= 11 is 0. The second-order valence-electron chi connectivity index (χ2n) is 11.2. The predicted octanol–water partition coefficient (Wildman–Crippen LogP) is 4.61. The maximum Gasteiger partial charge on any atom is 0.491 e. The van der Waals surface area contributed by atoms with Crippen LogP contribution in [0.4, 0.5) is 11.4 Å². The average molecular weight is 566 g/mol. The van der Waals surface area contributed by atoms with Crippen molar-refractivity contribution in [2.75, 3.05) is 10.2 Å². The van der Waals surface area contributed by atoms with Gasteiger partial charge >= 0.3 is 14.2 Å². The highest BCUT2D eigenvalue weighted by molar-refractivity contribution is 6.62. The van der Waals surface area contributed by atoms with Crippen molar-refractivity contribution in [2.24, 2.45) is 0 Å². The first-order valence-electron chi connectivity index (χ1n) is 14.7. The van der Waals surface area contributed by atoms with Gasteiger partial charge in [-0.15, -0.1) is 0 Å². The van der Waals surface area contributed by atoms with E-state index in [1.807, 2.05) is 36.4 Å². The standard InChI is InChI=1S/C35H32B2N2O4/c40-36-34-19-31(15-14-29(34)23-42-36)39(21-26-10-5-2-6-11-26)22-27-12-7-13-28(16-27)32-17-30(18-35-33(32)24-43-37(35)41)38-20-25-8-3-1-4-9-25/h1-19,38,40-41H,20-24H2. The van der Waals surface area contributed by atoms with E-state index in [0.29, 0.717) is 26.3 Å². The molecule has 8 heteroatoms. The monoisotopic (exact) mass is 566 g/mol. The van der Waals surface area contributed by atoms with Gasteiger partial charge in [-0.05, 0) is 80.2 Å². The second kappa shape index (κ2) is 12.1. The number of anilines is 2. The number of hydrogen-bond acceptors (Lipinski definition) is 6. The van der Waals surface area contributed by atoms with Gasteiger partial charge in [0.25, 0.3) is 0 Å². The van der Waals surface area contributed by atoms with Crippen molar-refractivity contribution in [1.29, 1.82) is 0 Å². The van der Waals surface area contributed by atoms with Crippen molar-refractivity contribution < 1.29 is 19.4 Å². The number of hydrogen-bond donors (Lipinski definition) is 3. The summed E-state index contributed by atoms with van der Waals surface area (Å²) in [6, 6.07) is 39.7. The summed E-state index contributed by atoms with van der Waals surface area (Å²) < 4.78 is 11.1. The van der Waals surface area contributed by atoms with Gasteiger partial charge in [0.1, 0.15) is 0 Å². The molecular weight excluding hydrogens is 534 g/mol. The molecular formula is C35H32B2N2O4. The van der Waals surface area contributed by atoms with E-state index in [0.717, 1.165) is 56.7 Å². The molecule has 2 aliphatic rings. The van der Waals surface area contributed by atoms with Crippen LogP contribution in [0.25, 0.3) is 11.1 Å². The molecule has 0 fully saturated rings. The van der Waals surface area contributed by atoms with Gasteiger partial charge in [-0.1, -0.05) is 84.9 Å². The molecule has 2 aliphatic heterocycles. The normalized spacial score (nSPS) is 13.6. The van der Waals surface area contributed by atoms with E-state index in [-0.39, 0.29) is 0 Å². The fraction of sp³-hybridized carbons (Fsp3) is 0.143. The fourth-order valence-electron chi connectivity index (χ4n) is 5.99. The van der Waals surface area contributed by atoms with Gasteiger partial charge in [-0.2, -0.15) is 0 Å². The zero-order valence-corrected chi connectivity index (χ0v) is 23.8. The summed E-state index contributed by atoms with van der Waals surface area (Å²) in [4.78, 5) is 2.33. The van der Waals surface area contributed by atoms with Crippen LogP contribution in [0.2, 0.25) is 0 Å². The number of rotatable bonds is 9. The molecule has 2 heterocycles. The summed E-state index contributed by atoms with van der Waals surface area (Å²) in [5.74, 6) is 0. The first-order chi connectivity index (χ1) is 21.1. The minimum atomic E-state index is -0.934. The van der Waals surface area contributed by atoms with Crippen LogP contribution in [-0.2, 0) is 42.2 Å². The van der Waals surface area contributed by atoms with Gasteiger partial charge in [0.2, 0.25) is 0 Å². The van der Waals surface area contributed by atoms with Crippen molar-refractivity contribution in [1.82, 2.24) is 0 Å². The van der Waals surface area contributed by atoms with E-state index in [1.54, 1.807) is 0 Å². The Balaban J connectivity index is 1.21. The van der Waals surface area contributed by atoms with Crippen molar-refractivity contribution >= 4 is 36.5 Å². The Morgan fingerprint density at radius 1 is 0.651 bits per heavy atom. The van der Waals surface area contributed by atoms with E-state index in [4.69, 9.17) is 9.31 Å². The lowest BCUT2D eigenvalue weighted by Gasteiger charge is -2.26. The molecule has 0 radical (unpaired) electrons. The first-order valence-corrected chi connectivity index (χ1v) is 14.7. The van der Waals surface area contributed by atoms with Gasteiger partial charge in [0, 0.05) is 31.0 Å². The molecule has 3 N–H and O–H groups in total. The van der Waals surface area contributed by atoms with E-state index >= 15 is 0 Å². The van der Waals surface area contributed by atoms with Gasteiger partial charge in [0.15, 0.2) is 0 Å². The molecule has 0 aromatic heterocycles. The number of fused-ring (bicyclic) bond motifs is 2. The lowest BCUT2D eigenvalue weighted by Crippen LogP contribution is -2.30. The molecule has 5 aromatic rings. The van der Waals surface area contributed by atoms with Crippen LogP contribution in [0.15, 0.2) is 115 Å². The first kappa shape index (κ1) is 27.5. The molecule has 0 atom stereocenters. The molecule has 212 valence electrons. The smallest absolute Gasteiger partial charge is 0.423 e. The summed E-state index contributed by atoms with van der Waals surface area (Å²) in [7, 11) is -1.82. The number of nitrogens with one attached hydrogen (secondary N) is 1. The zero-order valence-electron chi connectivity index (χ0n) is 23.8. The highest BCUT2D eigenvalue weighted by Gasteiger charge is 2.31. The second-order valence-corrected chi connectivity index (χ2v) is 11.2. The van der Waals surface area contributed by atoms with Gasteiger partial charge < -0.3 is 29.6 Å². The Morgan fingerprint density at radius 3 is 2.16 bits per heavy atom. The fourth-order valence-corrected chi connectivity index (χ4v) is 5.99. The largest absolute Gasteiger partial charge is 0.491 e. The molecule has 0 unspecified atom stereocenters. The molecule has 0 spiro atoms. The average Bonchev–Trinajstić information content (AvgIpc) is 3.62. The maximum atomic E-state index is 10.6. The molecule has 0 saturated heterocycles. The van der Waals surface area contributed by atoms with Gasteiger partial charge in [-0.3, -0.25) is 0 Å². The van der Waals surface area contributed by atoms with Crippen LogP contribution in [0.5, 0.6) is 0 Å². The Morgan fingerprint density at radius 2 is 1.35 bits per heavy atom. The van der Waals surface area contributed by atoms with Crippen molar-refractivity contribution in [3.63, 3.8) is 0 Å². The third-order valence-corrected chi connectivity index (χ3v) is 8.26. The van der Waals surface area contributed by atoms with Crippen LogP contribution >= 0.6 is 0 Å². The third-order valence-electron chi connectivity index (χ3n) is 8.26. The molecule has 0 aliphatic carbocycles. The van der Waals surface area contributed by atoms with E-state index < -0.39 is 14.2 Å². The quantitative estimate of drug-likeness (QED) is 0.227. The minimum absolute atomic E-state index is 0.370. The maximum absolute atomic E-state index is 10.6. The van der Waals surface area contributed by atoms with Crippen LogP contribution in [0.1, 0.15) is 27.8 Å². The summed E-state index contributed by atoms with van der Waals surface area (Å²) in [6.07, 6.45) is 0. The Labute approximate surface area is 252 Å². The van der Waals surface area contributed by atoms with Crippen LogP contribution < -0.4 is 21.1 Å². The van der Waals surface area contributed by atoms with E-state index in [1.165, 1.54) is 11.1 Å². The Kier molecular flexibility index (Phi) is 7.75. The number of benzene rings is 5. The molecule has 0 saturated carbocycles. The predicted molar refractivity (Wildman–Crippen MR) is 173 cm³/mol. The highest BCUT2D eigenvalue weighted by atomic mass is 16.5. The molecule has 0 bridgehead atoms. The minimum Gasteiger partial charge on any atom is -0.423 e. The molecule has 6 nitrogen and oxygen atoms in total. The summed E-state index contributed by atoms with van der Waals surface area (Å²) in [5.41, 5.74) is 11.3. The van der Waals surface area contributed by atoms with Crippen molar-refractivity contribution in [3.05, 3.63) is 143 Å². The lowest BCUT2D eigenvalue weighted by molar-refractivity contribution is 0.275. The van der Waals surface area contributed by atoms with Gasteiger partial charge in [-0.25, -0.2) is 0 Å². The van der Waals surface area contributed by atoms with Crippen molar-refractivity contribution in [3.8, 4) is 11.1 Å². The highest BCUT2D eigenvalue weighted by Crippen LogP contribution is 2.31. The molecule has 0 amide bonds. The van der Waals surface area contributed by atoms with Gasteiger partial charge in [0.05, 0.1) is 13.2 Å². The Hall–Kier alpha value is -4.33. The third kappa shape index (κ3) is 5.96. The van der Waals surface area contributed by atoms with Crippen molar-refractivity contribution in [2.45, 2.75) is 32.8 Å². The molecule has 5 aromatic carbocycles. The van der Waals surface area contributed by atoms with Crippen LogP contribution in [-0.4, -0.2) is 24.3 Å². The van der Waals surface area contributed by atoms with E-state index in [9.17, 15) is 10.0 Å². The summed E-state index contributed by atoms with van der Waals surface area (Å²) in [5, 5.41) is 24.5.